The van der Waals surface area contributed by atoms with Gasteiger partial charge in [-0.3, -0.25) is 9.59 Å². The molecule has 0 bridgehead atoms. The Balaban J connectivity index is 1.99. The highest BCUT2D eigenvalue weighted by Crippen LogP contribution is 2.40. The molecule has 1 aromatic carbocycles. The summed E-state index contributed by atoms with van der Waals surface area (Å²) in [5.41, 5.74) is 0.417. The number of amides is 1. The Morgan fingerprint density at radius 1 is 1.21 bits per heavy atom. The van der Waals surface area contributed by atoms with E-state index in [1.807, 2.05) is 38.5 Å². The first kappa shape index (κ1) is 21.1. The predicted octanol–water partition coefficient (Wildman–Crippen LogP) is 0.905. The minimum absolute atomic E-state index is 0.0356. The van der Waals surface area contributed by atoms with Crippen molar-refractivity contribution in [3.05, 3.63) is 57.8 Å². The number of ketones is 1. The van der Waals surface area contributed by atoms with Crippen LogP contribution in [-0.2, 0) is 9.59 Å². The number of carbonyl (C=O) groups is 2. The zero-order chi connectivity index (χ0) is 21.0. The third kappa shape index (κ3) is 4.52. The molecule has 29 heavy (non-hydrogen) atoms. The van der Waals surface area contributed by atoms with Crippen LogP contribution in [0.15, 0.2) is 47.4 Å². The molecule has 3 rings (SSSR count). The first-order chi connectivity index (χ1) is 13.9. The molecule has 7 heteroatoms. The lowest BCUT2D eigenvalue weighted by Gasteiger charge is -2.26. The van der Waals surface area contributed by atoms with Crippen LogP contribution in [0, 0.1) is 0 Å². The number of likely N-dealkylation sites (tertiary alicyclic amines) is 1. The Morgan fingerprint density at radius 3 is 2.52 bits per heavy atom. The van der Waals surface area contributed by atoms with Crippen molar-refractivity contribution >= 4 is 28.8 Å². The van der Waals surface area contributed by atoms with Crippen LogP contribution in [-0.4, -0.2) is 50.4 Å². The average Bonchev–Trinajstić information content (AvgIpc) is 3.32. The summed E-state index contributed by atoms with van der Waals surface area (Å²) in [7, 11) is 3.97. The molecule has 0 saturated carbocycles. The molecule has 6 nitrogen and oxygen atoms in total. The highest BCUT2D eigenvalue weighted by Gasteiger charge is 2.44. The van der Waals surface area contributed by atoms with Crippen LogP contribution >= 0.6 is 11.3 Å². The van der Waals surface area contributed by atoms with Crippen molar-refractivity contribution in [2.24, 2.45) is 0 Å². The fourth-order valence-corrected chi connectivity index (χ4v) is 4.11. The van der Waals surface area contributed by atoms with Gasteiger partial charge in [-0.1, -0.05) is 30.9 Å². The van der Waals surface area contributed by atoms with Gasteiger partial charge < -0.3 is 19.6 Å². The Hall–Kier alpha value is -2.64. The summed E-state index contributed by atoms with van der Waals surface area (Å²) in [5, 5.41) is 15.1. The molecule has 0 aliphatic carbocycles. The van der Waals surface area contributed by atoms with Crippen LogP contribution in [0.4, 0.5) is 0 Å². The summed E-state index contributed by atoms with van der Waals surface area (Å²) < 4.78 is 5.56. The van der Waals surface area contributed by atoms with Crippen LogP contribution < -0.4 is 14.7 Å². The van der Waals surface area contributed by atoms with Gasteiger partial charge in [0, 0.05) is 10.5 Å². The van der Waals surface area contributed by atoms with Gasteiger partial charge in [-0.15, -0.1) is 11.3 Å². The lowest BCUT2D eigenvalue weighted by atomic mass is 10.00. The molecule has 1 fully saturated rings. The van der Waals surface area contributed by atoms with E-state index >= 15 is 0 Å². The van der Waals surface area contributed by atoms with Gasteiger partial charge in [0.15, 0.2) is 0 Å². The van der Waals surface area contributed by atoms with Crippen LogP contribution in [0.25, 0.3) is 5.76 Å². The molecule has 2 heterocycles. The minimum atomic E-state index is -0.700. The lowest BCUT2D eigenvalue weighted by molar-refractivity contribution is -0.857. The topological polar surface area (TPSA) is 74.1 Å². The number of hydrogen-bond acceptors (Lipinski definition) is 5. The largest absolute Gasteiger partial charge is 0.872 e. The number of benzene rings is 1. The number of thiophene rings is 1. The highest BCUT2D eigenvalue weighted by atomic mass is 32.1. The lowest BCUT2D eigenvalue weighted by Crippen LogP contribution is -3.06. The zero-order valence-corrected chi connectivity index (χ0v) is 17.8. The molecular formula is C22H26N2O4S. The molecule has 2 aromatic rings. The Bertz CT molecular complexity index is 888. The van der Waals surface area contributed by atoms with Crippen LogP contribution in [0.1, 0.15) is 29.8 Å². The maximum Gasteiger partial charge on any atom is 0.295 e. The van der Waals surface area contributed by atoms with Crippen LogP contribution in [0.2, 0.25) is 0 Å². The summed E-state index contributed by atoms with van der Waals surface area (Å²) in [6.07, 6.45) is 0.891. The van der Waals surface area contributed by atoms with Gasteiger partial charge in [-0.25, -0.2) is 0 Å². The van der Waals surface area contributed by atoms with Crippen molar-refractivity contribution in [3.63, 3.8) is 0 Å². The number of ether oxygens (including phenoxy) is 1. The SMILES string of the molecule is CCCOc1ccc(/C([O-])=C2\C(=O)C(=O)N(CC[NH+](C)C)C2c2cccs2)cc1. The Labute approximate surface area is 175 Å². The van der Waals surface area contributed by atoms with E-state index in [-0.39, 0.29) is 5.57 Å². The van der Waals surface area contributed by atoms with Crippen molar-refractivity contribution in [1.82, 2.24) is 4.90 Å². The number of nitrogens with zero attached hydrogens (tertiary/aromatic N) is 1. The molecule has 1 aliphatic rings. The zero-order valence-electron chi connectivity index (χ0n) is 16.9. The van der Waals surface area contributed by atoms with Gasteiger partial charge in [-0.05, 0) is 35.6 Å². The van der Waals surface area contributed by atoms with E-state index in [0.717, 1.165) is 16.2 Å². The molecular weight excluding hydrogens is 388 g/mol. The summed E-state index contributed by atoms with van der Waals surface area (Å²) in [6.45, 7) is 3.72. The van der Waals surface area contributed by atoms with Gasteiger partial charge in [-0.2, -0.15) is 0 Å². The van der Waals surface area contributed by atoms with Gasteiger partial charge in [0.05, 0.1) is 39.8 Å². The van der Waals surface area contributed by atoms with E-state index in [1.165, 1.54) is 16.2 Å². The first-order valence-corrected chi connectivity index (χ1v) is 10.6. The normalized spacial score (nSPS) is 18.6. The maximum absolute atomic E-state index is 13.2. The van der Waals surface area contributed by atoms with Crippen LogP contribution in [0.5, 0.6) is 5.75 Å². The van der Waals surface area contributed by atoms with Crippen molar-refractivity contribution in [2.75, 3.05) is 33.8 Å². The Morgan fingerprint density at radius 2 is 1.93 bits per heavy atom. The van der Waals surface area contributed by atoms with E-state index < -0.39 is 23.5 Å². The summed E-state index contributed by atoms with van der Waals surface area (Å²) in [6, 6.07) is 9.84. The average molecular weight is 415 g/mol. The van der Waals surface area contributed by atoms with Gasteiger partial charge >= 0.3 is 0 Å². The fourth-order valence-electron chi connectivity index (χ4n) is 3.27. The van der Waals surface area contributed by atoms with Gasteiger partial charge in [0.2, 0.25) is 5.78 Å². The molecule has 154 valence electrons. The molecule has 1 saturated heterocycles. The number of nitrogens with one attached hydrogen (secondary N) is 1. The third-order valence-electron chi connectivity index (χ3n) is 4.78. The number of quaternary nitrogens is 1. The smallest absolute Gasteiger partial charge is 0.295 e. The summed E-state index contributed by atoms with van der Waals surface area (Å²) >= 11 is 1.44. The number of rotatable bonds is 8. The minimum Gasteiger partial charge on any atom is -0.872 e. The van der Waals surface area contributed by atoms with E-state index in [2.05, 4.69) is 0 Å². The van der Waals surface area contributed by atoms with Crippen molar-refractivity contribution in [3.8, 4) is 5.75 Å². The van der Waals surface area contributed by atoms with Crippen molar-refractivity contribution < 1.29 is 24.3 Å². The molecule has 1 atom stereocenters. The summed E-state index contributed by atoms with van der Waals surface area (Å²) in [5.74, 6) is -1.03. The maximum atomic E-state index is 13.2. The van der Waals surface area contributed by atoms with E-state index in [9.17, 15) is 14.7 Å². The number of Topliss-reactive ketones (excluding diaryl/α,β-unsaturated/α-hetero) is 1. The van der Waals surface area contributed by atoms with Gasteiger partial charge in [0.1, 0.15) is 5.75 Å². The fraction of sp³-hybridized carbons (Fsp3) is 0.364. The number of carbonyl (C=O) groups excluding carboxylic acids is 2. The van der Waals surface area contributed by atoms with Crippen molar-refractivity contribution in [2.45, 2.75) is 19.4 Å². The molecule has 1 N–H and O–H groups in total. The molecule has 1 amide bonds. The Kier molecular flexibility index (Phi) is 6.71. The van der Waals surface area contributed by atoms with Crippen molar-refractivity contribution in [1.29, 1.82) is 0 Å². The third-order valence-corrected chi connectivity index (χ3v) is 5.71. The predicted molar refractivity (Wildman–Crippen MR) is 111 cm³/mol. The highest BCUT2D eigenvalue weighted by molar-refractivity contribution is 7.10. The molecule has 0 spiro atoms. The molecule has 1 aromatic heterocycles. The molecule has 1 unspecified atom stereocenters. The quantitative estimate of drug-likeness (QED) is 0.396. The second kappa shape index (κ2) is 9.24. The molecule has 1 aliphatic heterocycles. The van der Waals surface area contributed by atoms with E-state index in [0.29, 0.717) is 31.0 Å². The van der Waals surface area contributed by atoms with Gasteiger partial charge in [0.25, 0.3) is 5.91 Å². The first-order valence-electron chi connectivity index (χ1n) is 9.76. The monoisotopic (exact) mass is 414 g/mol. The molecule has 0 radical (unpaired) electrons. The second-order valence-electron chi connectivity index (χ2n) is 7.32. The second-order valence-corrected chi connectivity index (χ2v) is 8.30. The number of likely N-dealkylation sites (N-methyl/N-ethyl adjacent to an activating group) is 1. The van der Waals surface area contributed by atoms with E-state index in [4.69, 9.17) is 4.74 Å². The van der Waals surface area contributed by atoms with E-state index in [1.54, 1.807) is 24.3 Å². The number of hydrogen-bond donors (Lipinski definition) is 1. The summed E-state index contributed by atoms with van der Waals surface area (Å²) in [4.78, 5) is 29.1. The standard InChI is InChI=1S/C22H26N2O4S/c1-4-13-28-16-9-7-15(8-10-16)20(25)18-19(17-6-5-14-29-17)24(12-11-23(2)3)22(27)21(18)26/h5-10,14,19,25H,4,11-13H2,1-3H3/b20-18+. The van der Waals surface area contributed by atoms with Crippen LogP contribution in [0.3, 0.4) is 0 Å².